The second-order valence-corrected chi connectivity index (χ2v) is 7.21. The molecule has 0 fully saturated rings. The summed E-state index contributed by atoms with van der Waals surface area (Å²) in [5.74, 6) is -0.593. The number of urea groups is 1. The smallest absolute Gasteiger partial charge is 0.328 e. The number of nitrogens with one attached hydrogen (secondary N) is 1. The molecule has 4 rings (SSSR count). The second-order valence-electron chi connectivity index (χ2n) is 6.35. The fraction of sp³-hybridized carbons (Fsp3) is 0.0909. The Hall–Kier alpha value is -2.79. The van der Waals surface area contributed by atoms with E-state index in [2.05, 4.69) is 26.2 Å². The Kier molecular flexibility index (Phi) is 4.86. The molecule has 0 saturated heterocycles. The van der Waals surface area contributed by atoms with Crippen LogP contribution in [0.3, 0.4) is 0 Å². The average molecular weight is 423 g/mol. The van der Waals surface area contributed by atoms with Gasteiger partial charge in [0.1, 0.15) is 5.82 Å². The molecule has 1 N–H and O–H groups in total. The van der Waals surface area contributed by atoms with Crippen LogP contribution in [0, 0.1) is 5.82 Å². The maximum Gasteiger partial charge on any atom is 0.341 e. The Morgan fingerprint density at radius 1 is 0.889 bits per heavy atom. The van der Waals surface area contributed by atoms with E-state index in [0.717, 1.165) is 11.1 Å². The van der Waals surface area contributed by atoms with Crippen molar-refractivity contribution in [1.82, 2.24) is 5.32 Å². The van der Waals surface area contributed by atoms with Gasteiger partial charge in [-0.3, -0.25) is 0 Å². The number of benzene rings is 3. The summed E-state index contributed by atoms with van der Waals surface area (Å²) in [7, 11) is 0. The predicted octanol–water partition coefficient (Wildman–Crippen LogP) is 5.63. The summed E-state index contributed by atoms with van der Waals surface area (Å²) in [5.41, 5.74) is 3.26. The zero-order valence-electron chi connectivity index (χ0n) is 14.3. The maximum absolute atomic E-state index is 14.2. The molecule has 0 aromatic heterocycles. The molecule has 3 nitrogen and oxygen atoms in total. The number of halogens is 2. The second kappa shape index (κ2) is 7.45. The number of aliphatic imine (C=N–C) groups is 1. The van der Waals surface area contributed by atoms with Crippen LogP contribution in [-0.2, 0) is 0 Å². The topological polar surface area (TPSA) is 41.5 Å². The highest BCUT2D eigenvalue weighted by Crippen LogP contribution is 2.37. The van der Waals surface area contributed by atoms with Crippen molar-refractivity contribution < 1.29 is 9.18 Å². The molecule has 2 unspecified atom stereocenters. The molecule has 3 aromatic rings. The molecule has 0 bridgehead atoms. The van der Waals surface area contributed by atoms with Crippen molar-refractivity contribution in [3.05, 3.63) is 106 Å². The lowest BCUT2D eigenvalue weighted by molar-refractivity contribution is 0.243. The van der Waals surface area contributed by atoms with Crippen LogP contribution in [-0.4, -0.2) is 11.7 Å². The largest absolute Gasteiger partial charge is 0.341 e. The monoisotopic (exact) mass is 422 g/mol. The molecule has 1 aliphatic heterocycles. The van der Waals surface area contributed by atoms with Crippen molar-refractivity contribution in [1.29, 1.82) is 0 Å². The summed E-state index contributed by atoms with van der Waals surface area (Å²) < 4.78 is 14.6. The van der Waals surface area contributed by atoms with Crippen molar-refractivity contribution in [3.63, 3.8) is 0 Å². The van der Waals surface area contributed by atoms with Crippen molar-refractivity contribution >= 4 is 27.7 Å². The van der Waals surface area contributed by atoms with Gasteiger partial charge in [-0.05, 0) is 44.8 Å². The van der Waals surface area contributed by atoms with E-state index >= 15 is 0 Å². The van der Waals surface area contributed by atoms with Gasteiger partial charge in [0, 0.05) is 0 Å². The van der Waals surface area contributed by atoms with Gasteiger partial charge in [-0.1, -0.05) is 66.7 Å². The Bertz CT molecular complexity index is 1010. The Labute approximate surface area is 165 Å². The van der Waals surface area contributed by atoms with Crippen molar-refractivity contribution in [2.24, 2.45) is 4.99 Å². The third kappa shape index (κ3) is 3.55. The number of carbonyl (C=O) groups is 1. The zero-order valence-corrected chi connectivity index (χ0v) is 15.9. The highest BCUT2D eigenvalue weighted by atomic mass is 79.9. The van der Waals surface area contributed by atoms with E-state index in [-0.39, 0.29) is 11.7 Å². The van der Waals surface area contributed by atoms with E-state index < -0.39 is 12.1 Å². The van der Waals surface area contributed by atoms with Crippen molar-refractivity contribution in [2.45, 2.75) is 12.0 Å². The van der Waals surface area contributed by atoms with Gasteiger partial charge < -0.3 is 5.32 Å². The SMILES string of the molecule is O=C1N=C(c2ccccc2)C(c2ccccc2)C(c2ccc(Br)c(F)c2)N1. The number of carbonyl (C=O) groups excluding carboxylic acids is 1. The van der Waals surface area contributed by atoms with Gasteiger partial charge in [0.15, 0.2) is 0 Å². The lowest BCUT2D eigenvalue weighted by Gasteiger charge is -2.33. The first-order valence-electron chi connectivity index (χ1n) is 8.58. The third-order valence-electron chi connectivity index (χ3n) is 4.66. The molecule has 1 heterocycles. The van der Waals surface area contributed by atoms with E-state index in [0.29, 0.717) is 15.7 Å². The normalized spacial score (nSPS) is 19.3. The number of rotatable bonds is 3. The molecule has 1 aliphatic rings. The van der Waals surface area contributed by atoms with E-state index in [4.69, 9.17) is 0 Å². The van der Waals surface area contributed by atoms with E-state index in [1.165, 1.54) is 6.07 Å². The standard InChI is InChI=1S/C22H16BrFN2O/c23-17-12-11-16(13-18(17)24)21-19(14-7-3-1-4-8-14)20(25-22(27)26-21)15-9-5-2-6-10-15/h1-13,19,21H,(H,26,27). The minimum absolute atomic E-state index is 0.230. The third-order valence-corrected chi connectivity index (χ3v) is 5.30. The summed E-state index contributed by atoms with van der Waals surface area (Å²) in [4.78, 5) is 16.6. The van der Waals surface area contributed by atoms with Crippen LogP contribution in [0.15, 0.2) is 88.3 Å². The fourth-order valence-electron chi connectivity index (χ4n) is 3.43. The minimum Gasteiger partial charge on any atom is -0.328 e. The molecule has 134 valence electrons. The molecule has 2 atom stereocenters. The lowest BCUT2D eigenvalue weighted by Crippen LogP contribution is -2.40. The van der Waals surface area contributed by atoms with Crippen LogP contribution in [0.25, 0.3) is 0 Å². The highest BCUT2D eigenvalue weighted by molar-refractivity contribution is 9.10. The van der Waals surface area contributed by atoms with Crippen LogP contribution in [0.2, 0.25) is 0 Å². The maximum atomic E-state index is 14.2. The van der Waals surface area contributed by atoms with Gasteiger partial charge in [0.25, 0.3) is 0 Å². The highest BCUT2D eigenvalue weighted by Gasteiger charge is 2.35. The summed E-state index contributed by atoms with van der Waals surface area (Å²) in [6, 6.07) is 23.6. The summed E-state index contributed by atoms with van der Waals surface area (Å²) in [5, 5.41) is 2.92. The van der Waals surface area contributed by atoms with Crippen LogP contribution >= 0.6 is 15.9 Å². The molecule has 27 heavy (non-hydrogen) atoms. The first kappa shape index (κ1) is 17.6. The molecule has 5 heteroatoms. The van der Waals surface area contributed by atoms with Crippen LogP contribution < -0.4 is 5.32 Å². The molecular weight excluding hydrogens is 407 g/mol. The van der Waals surface area contributed by atoms with Gasteiger partial charge in [-0.15, -0.1) is 0 Å². The first-order chi connectivity index (χ1) is 13.1. The summed E-state index contributed by atoms with van der Waals surface area (Å²) in [6.07, 6.45) is 0. The number of hydrogen-bond acceptors (Lipinski definition) is 1. The van der Waals surface area contributed by atoms with Crippen molar-refractivity contribution in [2.75, 3.05) is 0 Å². The molecule has 0 aliphatic carbocycles. The molecule has 3 aromatic carbocycles. The van der Waals surface area contributed by atoms with Crippen LogP contribution in [0.1, 0.15) is 28.7 Å². The molecule has 0 radical (unpaired) electrons. The molecule has 2 amide bonds. The van der Waals surface area contributed by atoms with Gasteiger partial charge in [0.2, 0.25) is 0 Å². The van der Waals surface area contributed by atoms with E-state index in [9.17, 15) is 9.18 Å². The first-order valence-corrected chi connectivity index (χ1v) is 9.37. The van der Waals surface area contributed by atoms with Crippen LogP contribution in [0.4, 0.5) is 9.18 Å². The number of hydrogen-bond donors (Lipinski definition) is 1. The quantitative estimate of drug-likeness (QED) is 0.583. The van der Waals surface area contributed by atoms with Gasteiger partial charge >= 0.3 is 6.03 Å². The lowest BCUT2D eigenvalue weighted by atomic mass is 9.80. The number of amides is 2. The van der Waals surface area contributed by atoms with E-state index in [1.54, 1.807) is 6.07 Å². The van der Waals surface area contributed by atoms with E-state index in [1.807, 2.05) is 66.7 Å². The summed E-state index contributed by atoms with van der Waals surface area (Å²) >= 11 is 3.19. The Balaban J connectivity index is 1.88. The fourth-order valence-corrected chi connectivity index (χ4v) is 3.68. The predicted molar refractivity (Wildman–Crippen MR) is 108 cm³/mol. The van der Waals surface area contributed by atoms with Gasteiger partial charge in [-0.25, -0.2) is 9.18 Å². The van der Waals surface area contributed by atoms with Crippen molar-refractivity contribution in [3.8, 4) is 0 Å². The molecule has 0 spiro atoms. The summed E-state index contributed by atoms with van der Waals surface area (Å²) in [6.45, 7) is 0. The molecule has 0 saturated carbocycles. The van der Waals surface area contributed by atoms with Gasteiger partial charge in [-0.2, -0.15) is 4.99 Å². The number of nitrogens with zero attached hydrogens (tertiary/aromatic N) is 1. The average Bonchev–Trinajstić information content (AvgIpc) is 2.71. The Morgan fingerprint density at radius 3 is 2.22 bits per heavy atom. The van der Waals surface area contributed by atoms with Gasteiger partial charge in [0.05, 0.1) is 22.1 Å². The van der Waals surface area contributed by atoms with Crippen LogP contribution in [0.5, 0.6) is 0 Å². The zero-order chi connectivity index (χ0) is 18.8. The molecular formula is C22H16BrFN2O. The Morgan fingerprint density at radius 2 is 1.56 bits per heavy atom. The minimum atomic E-state index is -0.422.